The lowest BCUT2D eigenvalue weighted by Crippen LogP contribution is -2.61. The van der Waals surface area contributed by atoms with Gasteiger partial charge < -0.3 is 22.3 Å². The van der Waals surface area contributed by atoms with Gasteiger partial charge in [-0.25, -0.2) is 0 Å². The van der Waals surface area contributed by atoms with Crippen LogP contribution in [0.3, 0.4) is 0 Å². The van der Waals surface area contributed by atoms with E-state index in [1.165, 1.54) is 0 Å². The molecule has 1 amide bonds. The van der Waals surface area contributed by atoms with Crippen LogP contribution >= 0.6 is 0 Å². The van der Waals surface area contributed by atoms with Crippen LogP contribution in [0.25, 0.3) is 10.8 Å². The van der Waals surface area contributed by atoms with Gasteiger partial charge in [0.1, 0.15) is 5.66 Å². The Morgan fingerprint density at radius 3 is 2.13 bits per heavy atom. The first-order valence-corrected chi connectivity index (χ1v) is 7.40. The monoisotopic (exact) mass is 315 g/mol. The lowest BCUT2D eigenvalue weighted by Gasteiger charge is -2.22. The second kappa shape index (κ2) is 6.76. The summed E-state index contributed by atoms with van der Waals surface area (Å²) in [6, 6.07) is 11.5. The first kappa shape index (κ1) is 16.9. The van der Waals surface area contributed by atoms with Gasteiger partial charge in [0.25, 0.3) is 5.91 Å². The summed E-state index contributed by atoms with van der Waals surface area (Å²) in [5, 5.41) is 10.7. The van der Waals surface area contributed by atoms with Gasteiger partial charge in [0.05, 0.1) is 0 Å². The summed E-state index contributed by atoms with van der Waals surface area (Å²) in [5.74, 6) is -1.56. The third kappa shape index (κ3) is 4.06. The number of primary amides is 1. The van der Waals surface area contributed by atoms with Gasteiger partial charge in [0, 0.05) is 12.8 Å². The number of benzene rings is 2. The Balaban J connectivity index is 2.35. The number of carboxylic acid groups (broad SMARTS) is 1. The number of carboxylic acids is 1. The van der Waals surface area contributed by atoms with E-state index < -0.39 is 17.5 Å². The minimum absolute atomic E-state index is 0.131. The molecule has 0 saturated heterocycles. The van der Waals surface area contributed by atoms with Crippen LogP contribution in [0.1, 0.15) is 24.0 Å². The Morgan fingerprint density at radius 2 is 1.57 bits per heavy atom. The third-order valence-electron chi connectivity index (χ3n) is 3.88. The maximum Gasteiger partial charge on any atom is 0.303 e. The molecule has 0 aromatic heterocycles. The summed E-state index contributed by atoms with van der Waals surface area (Å²) in [6.07, 6.45) is 1.50. The second-order valence-corrected chi connectivity index (χ2v) is 5.76. The topological polar surface area (TPSA) is 132 Å². The minimum atomic E-state index is -1.60. The summed E-state index contributed by atoms with van der Waals surface area (Å²) in [7, 11) is 0. The standard InChI is InChI=1S/C17H21N3O3/c18-16(23)17(19,20)10-12-9-8-11(4-3-7-15(21)22)13-5-1-2-6-14(12)13/h1-2,5-6,8-9H,3-4,7,10,19-20H2,(H2,18,23)(H,21,22). The van der Waals surface area contributed by atoms with Crippen molar-refractivity contribution in [3.63, 3.8) is 0 Å². The van der Waals surface area contributed by atoms with Crippen molar-refractivity contribution in [3.05, 3.63) is 47.5 Å². The molecular formula is C17H21N3O3. The van der Waals surface area contributed by atoms with Gasteiger partial charge >= 0.3 is 5.97 Å². The molecule has 7 N–H and O–H groups in total. The van der Waals surface area contributed by atoms with E-state index in [4.69, 9.17) is 22.3 Å². The summed E-state index contributed by atoms with van der Waals surface area (Å²) in [5.41, 5.74) is 17.1. The first-order chi connectivity index (χ1) is 10.8. The number of carbonyl (C=O) groups is 2. The third-order valence-corrected chi connectivity index (χ3v) is 3.88. The van der Waals surface area contributed by atoms with Crippen LogP contribution in [0.4, 0.5) is 0 Å². The van der Waals surface area contributed by atoms with Crippen LogP contribution in [-0.2, 0) is 22.4 Å². The Hall–Kier alpha value is -2.44. The molecule has 6 heteroatoms. The Labute approximate surface area is 134 Å². The molecule has 2 rings (SSSR count). The number of amides is 1. The number of hydrogen-bond acceptors (Lipinski definition) is 4. The number of aliphatic carboxylic acids is 1. The largest absolute Gasteiger partial charge is 0.481 e. The molecule has 0 radical (unpaired) electrons. The molecule has 0 aliphatic heterocycles. The van der Waals surface area contributed by atoms with Crippen molar-refractivity contribution in [3.8, 4) is 0 Å². The number of carbonyl (C=O) groups excluding carboxylic acids is 1. The molecule has 0 fully saturated rings. The highest BCUT2D eigenvalue weighted by Crippen LogP contribution is 2.25. The van der Waals surface area contributed by atoms with Crippen LogP contribution in [-0.4, -0.2) is 22.6 Å². The van der Waals surface area contributed by atoms with Gasteiger partial charge in [-0.2, -0.15) is 0 Å². The number of aryl methyl sites for hydroxylation is 1. The smallest absolute Gasteiger partial charge is 0.303 e. The normalized spacial score (nSPS) is 11.6. The summed E-state index contributed by atoms with van der Waals surface area (Å²) in [4.78, 5) is 22.0. The van der Waals surface area contributed by atoms with E-state index in [-0.39, 0.29) is 12.8 Å². The van der Waals surface area contributed by atoms with Crippen molar-refractivity contribution in [1.82, 2.24) is 0 Å². The predicted octanol–water partition coefficient (Wildman–Crippen LogP) is 0.889. The lowest BCUT2D eigenvalue weighted by molar-refractivity contribution is -0.137. The van der Waals surface area contributed by atoms with Gasteiger partial charge in [0.2, 0.25) is 0 Å². The zero-order valence-corrected chi connectivity index (χ0v) is 12.8. The zero-order valence-electron chi connectivity index (χ0n) is 12.8. The summed E-state index contributed by atoms with van der Waals surface area (Å²) < 4.78 is 0. The van der Waals surface area contributed by atoms with Crippen LogP contribution < -0.4 is 17.2 Å². The number of hydrogen-bond donors (Lipinski definition) is 4. The van der Waals surface area contributed by atoms with Crippen LogP contribution in [0.5, 0.6) is 0 Å². The molecule has 0 atom stereocenters. The van der Waals surface area contributed by atoms with Crippen molar-refractivity contribution in [2.45, 2.75) is 31.3 Å². The summed E-state index contributed by atoms with van der Waals surface area (Å²) >= 11 is 0. The molecule has 0 heterocycles. The van der Waals surface area contributed by atoms with Crippen molar-refractivity contribution in [1.29, 1.82) is 0 Å². The Kier molecular flexibility index (Phi) is 4.98. The fourth-order valence-electron chi connectivity index (χ4n) is 2.63. The zero-order chi connectivity index (χ0) is 17.0. The maximum absolute atomic E-state index is 11.4. The molecule has 0 unspecified atom stereocenters. The van der Waals surface area contributed by atoms with E-state index in [0.29, 0.717) is 12.8 Å². The number of fused-ring (bicyclic) bond motifs is 1. The fourth-order valence-corrected chi connectivity index (χ4v) is 2.63. The number of rotatable bonds is 7. The Bertz CT molecular complexity index is 741. The van der Waals surface area contributed by atoms with Gasteiger partial charge in [-0.1, -0.05) is 36.4 Å². The highest BCUT2D eigenvalue weighted by atomic mass is 16.4. The highest BCUT2D eigenvalue weighted by molar-refractivity contribution is 5.90. The molecular weight excluding hydrogens is 294 g/mol. The van der Waals surface area contributed by atoms with Crippen molar-refractivity contribution in [2.24, 2.45) is 17.2 Å². The van der Waals surface area contributed by atoms with Crippen LogP contribution in [0, 0.1) is 0 Å². The molecule has 0 aliphatic carbocycles. The molecule has 23 heavy (non-hydrogen) atoms. The van der Waals surface area contributed by atoms with E-state index in [1.807, 2.05) is 36.4 Å². The first-order valence-electron chi connectivity index (χ1n) is 7.40. The molecule has 0 saturated carbocycles. The molecule has 2 aromatic rings. The molecule has 122 valence electrons. The maximum atomic E-state index is 11.4. The van der Waals surface area contributed by atoms with Crippen LogP contribution in [0.15, 0.2) is 36.4 Å². The molecule has 0 spiro atoms. The predicted molar refractivity (Wildman–Crippen MR) is 88.5 cm³/mol. The second-order valence-electron chi connectivity index (χ2n) is 5.76. The quantitative estimate of drug-likeness (QED) is 0.563. The minimum Gasteiger partial charge on any atom is -0.481 e. The molecule has 0 bridgehead atoms. The van der Waals surface area contributed by atoms with Gasteiger partial charge in [0.15, 0.2) is 0 Å². The van der Waals surface area contributed by atoms with Crippen LogP contribution in [0.2, 0.25) is 0 Å². The van der Waals surface area contributed by atoms with Gasteiger partial charge in [-0.05, 0) is 34.7 Å². The highest BCUT2D eigenvalue weighted by Gasteiger charge is 2.27. The van der Waals surface area contributed by atoms with Gasteiger partial charge in [-0.3, -0.25) is 9.59 Å². The summed E-state index contributed by atoms with van der Waals surface area (Å²) in [6.45, 7) is 0. The Morgan fingerprint density at radius 1 is 1.00 bits per heavy atom. The number of nitrogens with two attached hydrogens (primary N) is 3. The van der Waals surface area contributed by atoms with Crippen molar-refractivity contribution < 1.29 is 14.7 Å². The van der Waals surface area contributed by atoms with Crippen molar-refractivity contribution >= 4 is 22.6 Å². The fraction of sp³-hybridized carbons (Fsp3) is 0.294. The average molecular weight is 315 g/mol. The van der Waals surface area contributed by atoms with E-state index >= 15 is 0 Å². The lowest BCUT2D eigenvalue weighted by atomic mass is 9.91. The molecule has 0 aliphatic rings. The molecule has 6 nitrogen and oxygen atoms in total. The average Bonchev–Trinajstić information content (AvgIpc) is 2.48. The van der Waals surface area contributed by atoms with E-state index in [1.54, 1.807) is 0 Å². The van der Waals surface area contributed by atoms with E-state index in [9.17, 15) is 9.59 Å². The van der Waals surface area contributed by atoms with E-state index in [2.05, 4.69) is 0 Å². The molecule has 2 aromatic carbocycles. The SMILES string of the molecule is NC(=O)C(N)(N)Cc1ccc(CCCC(=O)O)c2ccccc12. The van der Waals surface area contributed by atoms with Crippen molar-refractivity contribution in [2.75, 3.05) is 0 Å². The van der Waals surface area contributed by atoms with Gasteiger partial charge in [-0.15, -0.1) is 0 Å². The van der Waals surface area contributed by atoms with E-state index in [0.717, 1.165) is 21.9 Å².